The number of hydrogen-bond acceptors (Lipinski definition) is 3. The third-order valence-corrected chi connectivity index (χ3v) is 2.53. The first-order valence-electron chi connectivity index (χ1n) is 2.80. The van der Waals surface area contributed by atoms with Gasteiger partial charge in [-0.3, -0.25) is 0 Å². The molecule has 6 heteroatoms. The molecule has 1 rings (SSSR count). The molecule has 0 heterocycles. The Morgan fingerprint density at radius 1 is 1.17 bits per heavy atom. The van der Waals surface area contributed by atoms with Gasteiger partial charge in [-0.2, -0.15) is 0 Å². The van der Waals surface area contributed by atoms with Crippen LogP contribution in [0.3, 0.4) is 0 Å². The van der Waals surface area contributed by atoms with Crippen LogP contribution < -0.4 is 5.73 Å². The molecule has 0 radical (unpaired) electrons. The molecule has 0 bridgehead atoms. The van der Waals surface area contributed by atoms with Crippen LogP contribution in [0.4, 0.5) is 5.69 Å². The van der Waals surface area contributed by atoms with Crippen LogP contribution in [0.2, 0.25) is 0 Å². The van der Waals surface area contributed by atoms with Gasteiger partial charge in [0.1, 0.15) is 0 Å². The Hall–Kier alpha value is -0.450. The normalized spacial score (nSPS) is 10.4. The van der Waals surface area contributed by atoms with Crippen molar-refractivity contribution >= 4 is 37.8 Å². The average Bonchev–Trinajstić information content (AvgIpc) is 1.86. The van der Waals surface area contributed by atoms with Crippen molar-refractivity contribution in [2.45, 2.75) is 4.90 Å². The maximum Gasteiger partial charge on any atom is 0.261 e. The largest absolute Gasteiger partial charge is 0.399 e. The van der Waals surface area contributed by atoms with Crippen molar-refractivity contribution in [2.24, 2.45) is 0 Å². The first-order valence-corrected chi connectivity index (χ1v) is 5.11. The lowest BCUT2D eigenvalue weighted by Crippen LogP contribution is -1.90. The van der Waals surface area contributed by atoms with Crippen LogP contribution in [-0.2, 0) is 9.05 Å². The SMILES string of the molecule is Cl.Nc1ccc(S(=O)(=O)Cl)cc1. The first-order chi connectivity index (χ1) is 5.00. The van der Waals surface area contributed by atoms with E-state index in [9.17, 15) is 8.42 Å². The summed E-state index contributed by atoms with van der Waals surface area (Å²) in [6, 6.07) is 5.68. The predicted molar refractivity (Wildman–Crippen MR) is 51.1 cm³/mol. The highest BCUT2D eigenvalue weighted by molar-refractivity contribution is 8.13. The summed E-state index contributed by atoms with van der Waals surface area (Å²) in [6.07, 6.45) is 0. The summed E-state index contributed by atoms with van der Waals surface area (Å²) < 4.78 is 21.3. The number of benzene rings is 1. The molecule has 0 saturated heterocycles. The Morgan fingerprint density at radius 2 is 1.58 bits per heavy atom. The number of nitrogens with two attached hydrogens (primary N) is 1. The highest BCUT2D eigenvalue weighted by Gasteiger charge is 2.07. The van der Waals surface area contributed by atoms with E-state index in [-0.39, 0.29) is 17.3 Å². The Kier molecular flexibility index (Phi) is 3.83. The molecule has 1 aromatic rings. The van der Waals surface area contributed by atoms with E-state index in [0.717, 1.165) is 0 Å². The van der Waals surface area contributed by atoms with Gasteiger partial charge in [0.2, 0.25) is 0 Å². The van der Waals surface area contributed by atoms with E-state index in [0.29, 0.717) is 5.69 Å². The molecule has 0 saturated carbocycles. The molecule has 0 atom stereocenters. The van der Waals surface area contributed by atoms with Gasteiger partial charge in [0.05, 0.1) is 4.90 Å². The predicted octanol–water partition coefficient (Wildman–Crippen LogP) is 1.62. The minimum absolute atomic E-state index is 0. The molecular weight excluding hydrogens is 221 g/mol. The molecular formula is C6H7Cl2NO2S. The quantitative estimate of drug-likeness (QED) is 0.586. The Labute approximate surface area is 81.4 Å². The molecule has 0 aromatic heterocycles. The molecule has 3 nitrogen and oxygen atoms in total. The van der Waals surface area contributed by atoms with Crippen molar-refractivity contribution in [3.05, 3.63) is 24.3 Å². The number of rotatable bonds is 1. The van der Waals surface area contributed by atoms with Crippen LogP contribution in [0.1, 0.15) is 0 Å². The third-order valence-electron chi connectivity index (χ3n) is 1.16. The zero-order chi connectivity index (χ0) is 8.48. The molecule has 0 aliphatic heterocycles. The molecule has 0 spiro atoms. The average molecular weight is 228 g/mol. The standard InChI is InChI=1S/C6H6ClNO2S.ClH/c7-11(9,10)6-3-1-5(8)2-4-6;/h1-4H,8H2;1H. The van der Waals surface area contributed by atoms with Crippen LogP contribution in [0.25, 0.3) is 0 Å². The molecule has 0 aliphatic carbocycles. The van der Waals surface area contributed by atoms with Crippen LogP contribution in [0.15, 0.2) is 29.2 Å². The maximum absolute atomic E-state index is 10.7. The lowest BCUT2D eigenvalue weighted by molar-refractivity contribution is 0.609. The fraction of sp³-hybridized carbons (Fsp3) is 0. The van der Waals surface area contributed by atoms with Crippen LogP contribution >= 0.6 is 23.1 Å². The second-order valence-corrected chi connectivity index (χ2v) is 4.57. The van der Waals surface area contributed by atoms with Gasteiger partial charge in [0.25, 0.3) is 9.05 Å². The molecule has 0 unspecified atom stereocenters. The minimum atomic E-state index is -3.60. The smallest absolute Gasteiger partial charge is 0.261 e. The summed E-state index contributed by atoms with van der Waals surface area (Å²) >= 11 is 0. The maximum atomic E-state index is 10.7. The van der Waals surface area contributed by atoms with E-state index >= 15 is 0 Å². The minimum Gasteiger partial charge on any atom is -0.399 e. The summed E-state index contributed by atoms with van der Waals surface area (Å²) in [4.78, 5) is 0.0633. The van der Waals surface area contributed by atoms with Crippen molar-refractivity contribution in [2.75, 3.05) is 5.73 Å². The second-order valence-electron chi connectivity index (χ2n) is 2.01. The van der Waals surface area contributed by atoms with Crippen molar-refractivity contribution in [1.29, 1.82) is 0 Å². The van der Waals surface area contributed by atoms with Gasteiger partial charge < -0.3 is 5.73 Å². The van der Waals surface area contributed by atoms with Gasteiger partial charge in [-0.1, -0.05) is 0 Å². The third kappa shape index (κ3) is 2.89. The fourth-order valence-electron chi connectivity index (χ4n) is 0.630. The molecule has 2 N–H and O–H groups in total. The zero-order valence-electron chi connectivity index (χ0n) is 5.90. The molecule has 0 aliphatic rings. The number of halogens is 2. The van der Waals surface area contributed by atoms with E-state index < -0.39 is 9.05 Å². The number of nitrogen functional groups attached to an aromatic ring is 1. The second kappa shape index (κ2) is 3.98. The monoisotopic (exact) mass is 227 g/mol. The van der Waals surface area contributed by atoms with Crippen molar-refractivity contribution in [3.8, 4) is 0 Å². The van der Waals surface area contributed by atoms with Crippen molar-refractivity contribution in [1.82, 2.24) is 0 Å². The van der Waals surface area contributed by atoms with Gasteiger partial charge in [0.15, 0.2) is 0 Å². The molecule has 0 fully saturated rings. The van der Waals surface area contributed by atoms with Gasteiger partial charge in [0, 0.05) is 16.4 Å². The van der Waals surface area contributed by atoms with E-state index in [1.54, 1.807) is 0 Å². The van der Waals surface area contributed by atoms with Crippen LogP contribution in [0.5, 0.6) is 0 Å². The van der Waals surface area contributed by atoms with Gasteiger partial charge >= 0.3 is 0 Å². The zero-order valence-corrected chi connectivity index (χ0v) is 8.29. The molecule has 1 aromatic carbocycles. The lowest BCUT2D eigenvalue weighted by atomic mass is 10.3. The fourth-order valence-corrected chi connectivity index (χ4v) is 1.40. The van der Waals surface area contributed by atoms with Gasteiger partial charge in [-0.25, -0.2) is 8.42 Å². The number of hydrogen-bond donors (Lipinski definition) is 1. The van der Waals surface area contributed by atoms with Crippen molar-refractivity contribution in [3.63, 3.8) is 0 Å². The van der Waals surface area contributed by atoms with E-state index in [2.05, 4.69) is 0 Å². The van der Waals surface area contributed by atoms with Crippen LogP contribution in [-0.4, -0.2) is 8.42 Å². The molecule has 0 amide bonds. The summed E-state index contributed by atoms with van der Waals surface area (Å²) in [6.45, 7) is 0. The Morgan fingerprint density at radius 3 is 1.92 bits per heavy atom. The van der Waals surface area contributed by atoms with Crippen molar-refractivity contribution < 1.29 is 8.42 Å². The molecule has 68 valence electrons. The highest BCUT2D eigenvalue weighted by Crippen LogP contribution is 2.15. The van der Waals surface area contributed by atoms with E-state index in [1.165, 1.54) is 24.3 Å². The van der Waals surface area contributed by atoms with Gasteiger partial charge in [-0.15, -0.1) is 12.4 Å². The highest BCUT2D eigenvalue weighted by atomic mass is 35.7. The van der Waals surface area contributed by atoms with Gasteiger partial charge in [-0.05, 0) is 24.3 Å². The van der Waals surface area contributed by atoms with Crippen LogP contribution in [0, 0.1) is 0 Å². The summed E-state index contributed by atoms with van der Waals surface area (Å²) in [5, 5.41) is 0. The summed E-state index contributed by atoms with van der Waals surface area (Å²) in [7, 11) is 1.44. The summed E-state index contributed by atoms with van der Waals surface area (Å²) in [5.74, 6) is 0. The number of anilines is 1. The summed E-state index contributed by atoms with van der Waals surface area (Å²) in [5.41, 5.74) is 5.84. The Bertz CT molecular complexity index is 346. The van der Waals surface area contributed by atoms with E-state index in [4.69, 9.17) is 16.4 Å². The Balaban J connectivity index is 0.00000121. The lowest BCUT2D eigenvalue weighted by Gasteiger charge is -1.94. The van der Waals surface area contributed by atoms with E-state index in [1.807, 2.05) is 0 Å². The molecule has 12 heavy (non-hydrogen) atoms. The topological polar surface area (TPSA) is 60.2 Å². The first kappa shape index (κ1) is 11.6.